The van der Waals surface area contributed by atoms with Gasteiger partial charge in [0.25, 0.3) is 0 Å². The van der Waals surface area contributed by atoms with E-state index in [9.17, 15) is 0 Å². The number of halogens is 1. The minimum atomic E-state index is 0.317. The predicted molar refractivity (Wildman–Crippen MR) is 131 cm³/mol. The summed E-state index contributed by atoms with van der Waals surface area (Å²) in [5.41, 5.74) is 7.10. The highest BCUT2D eigenvalue weighted by Gasteiger charge is 2.24. The number of benzene rings is 2. The number of hydrogen-bond donors (Lipinski definition) is 0. The lowest BCUT2D eigenvalue weighted by molar-refractivity contribution is 0.807. The largest absolute Gasteiger partial charge is 0.113 e. The molecule has 2 radical (unpaired) electrons. The molecule has 0 unspecified atom stereocenters. The van der Waals surface area contributed by atoms with Crippen molar-refractivity contribution in [2.45, 2.75) is 19.8 Å². The van der Waals surface area contributed by atoms with Crippen LogP contribution in [0.5, 0.6) is 0 Å². The van der Waals surface area contributed by atoms with Crippen molar-refractivity contribution < 1.29 is 0 Å². The molecule has 2 aliphatic carbocycles. The molecule has 0 heterocycles. The molecule has 2 aromatic rings. The summed E-state index contributed by atoms with van der Waals surface area (Å²) in [4.78, 5) is 0. The van der Waals surface area contributed by atoms with Gasteiger partial charge >= 0.3 is 0 Å². The Labute approximate surface area is 185 Å². The van der Waals surface area contributed by atoms with Crippen molar-refractivity contribution in [3.8, 4) is 0 Å². The zero-order chi connectivity index (χ0) is 21.1. The zero-order valence-electron chi connectivity index (χ0n) is 17.2. The highest BCUT2D eigenvalue weighted by atomic mass is 35.5. The fourth-order valence-electron chi connectivity index (χ4n) is 4.44. The van der Waals surface area contributed by atoms with Crippen molar-refractivity contribution in [3.63, 3.8) is 0 Å². The average molecular weight is 407 g/mol. The summed E-state index contributed by atoms with van der Waals surface area (Å²) < 4.78 is 0. The van der Waals surface area contributed by atoms with Crippen molar-refractivity contribution in [2.24, 2.45) is 5.92 Å². The van der Waals surface area contributed by atoms with Crippen LogP contribution in [0.1, 0.15) is 24.0 Å². The van der Waals surface area contributed by atoms with Crippen LogP contribution in [-0.2, 0) is 0 Å². The van der Waals surface area contributed by atoms with E-state index in [0.29, 0.717) is 5.92 Å². The van der Waals surface area contributed by atoms with Crippen LogP contribution in [0.2, 0.25) is 0 Å². The number of allylic oxidation sites excluding steroid dienone is 9. The van der Waals surface area contributed by atoms with Crippen molar-refractivity contribution in [3.05, 3.63) is 129 Å². The van der Waals surface area contributed by atoms with Gasteiger partial charge in [-0.05, 0) is 58.6 Å². The zero-order valence-corrected chi connectivity index (χ0v) is 18.0. The summed E-state index contributed by atoms with van der Waals surface area (Å²) in [6, 6.07) is 17.1. The average Bonchev–Trinajstić information content (AvgIpc) is 2.77. The Balaban J connectivity index is 2.09. The summed E-state index contributed by atoms with van der Waals surface area (Å²) in [5, 5.41) is 3.35. The Hall–Kier alpha value is -2.77. The van der Waals surface area contributed by atoms with Crippen LogP contribution < -0.4 is 10.4 Å². The van der Waals surface area contributed by atoms with E-state index in [1.807, 2.05) is 24.3 Å². The summed E-state index contributed by atoms with van der Waals surface area (Å²) in [7, 11) is 5.99. The fourth-order valence-corrected chi connectivity index (χ4v) is 4.67. The summed E-state index contributed by atoms with van der Waals surface area (Å²) in [6.45, 7) is 5.99. The lowest BCUT2D eigenvalue weighted by atomic mass is 9.76. The van der Waals surface area contributed by atoms with Crippen LogP contribution in [0.4, 0.5) is 0 Å². The van der Waals surface area contributed by atoms with Crippen LogP contribution in [0, 0.1) is 12.8 Å². The van der Waals surface area contributed by atoms with Gasteiger partial charge in [0.2, 0.25) is 0 Å². The van der Waals surface area contributed by atoms with Crippen LogP contribution in [0.15, 0.2) is 108 Å². The first-order chi connectivity index (χ1) is 14.6. The van der Waals surface area contributed by atoms with E-state index in [1.54, 1.807) is 6.08 Å². The number of rotatable bonds is 4. The molecule has 0 aromatic heterocycles. The third-order valence-corrected chi connectivity index (χ3v) is 6.19. The molecule has 146 valence electrons. The first kappa shape index (κ1) is 20.5. The standard InChI is InChI=1S/C28H24BCl/c1-3-4-13-26(30)25-18-24(20-14-16-22(29)17-15-20)27-19(2)9-8-12-23(27)28(25)21-10-6-5-7-11-21/h3-14,16-17,20H,1,15,18H2,2H3/b13-4-,26-25-/t20-/m0/s1. The highest BCUT2D eigenvalue weighted by molar-refractivity contribution is 6.32. The third-order valence-electron chi connectivity index (χ3n) is 5.84. The Morgan fingerprint density at radius 1 is 1.13 bits per heavy atom. The Bertz CT molecular complexity index is 1220. The van der Waals surface area contributed by atoms with Gasteiger partial charge in [-0.15, -0.1) is 5.47 Å². The molecule has 2 aliphatic rings. The molecule has 4 rings (SSSR count). The Kier molecular flexibility index (Phi) is 6.11. The Morgan fingerprint density at radius 3 is 2.63 bits per heavy atom. The highest BCUT2D eigenvalue weighted by Crippen LogP contribution is 2.37. The van der Waals surface area contributed by atoms with Gasteiger partial charge in [0.1, 0.15) is 7.85 Å². The second-order valence-electron chi connectivity index (χ2n) is 7.77. The molecule has 30 heavy (non-hydrogen) atoms. The van der Waals surface area contributed by atoms with Crippen molar-refractivity contribution >= 4 is 30.6 Å². The number of hydrogen-bond acceptors (Lipinski definition) is 0. The van der Waals surface area contributed by atoms with E-state index in [4.69, 9.17) is 19.4 Å². The maximum atomic E-state index is 6.88. The minimum absolute atomic E-state index is 0.317. The molecule has 0 fully saturated rings. The van der Waals surface area contributed by atoms with Crippen molar-refractivity contribution in [1.82, 2.24) is 0 Å². The van der Waals surface area contributed by atoms with Crippen LogP contribution in [-0.4, -0.2) is 7.85 Å². The van der Waals surface area contributed by atoms with Crippen LogP contribution in [0.3, 0.4) is 0 Å². The predicted octanol–water partition coefficient (Wildman–Crippen LogP) is 5.61. The maximum absolute atomic E-state index is 6.88. The molecule has 0 N–H and O–H groups in total. The van der Waals surface area contributed by atoms with Gasteiger partial charge in [-0.1, -0.05) is 103 Å². The van der Waals surface area contributed by atoms with Crippen molar-refractivity contribution in [2.75, 3.05) is 0 Å². The molecule has 1 atom stereocenters. The van der Waals surface area contributed by atoms with E-state index in [1.165, 1.54) is 32.7 Å². The second kappa shape index (κ2) is 8.94. The van der Waals surface area contributed by atoms with E-state index >= 15 is 0 Å². The Morgan fingerprint density at radius 2 is 1.93 bits per heavy atom. The molecule has 0 amide bonds. The lowest BCUT2D eigenvalue weighted by Gasteiger charge is -2.27. The number of fused-ring (bicyclic) bond motifs is 1. The van der Waals surface area contributed by atoms with Gasteiger partial charge in [-0.25, -0.2) is 0 Å². The molecular formula is C28H24BCl. The molecule has 0 bridgehead atoms. The van der Waals surface area contributed by atoms with Crippen molar-refractivity contribution in [1.29, 1.82) is 0 Å². The quantitative estimate of drug-likeness (QED) is 0.457. The van der Waals surface area contributed by atoms with E-state index in [-0.39, 0.29) is 0 Å². The molecule has 0 saturated heterocycles. The molecule has 0 aliphatic heterocycles. The molecule has 0 saturated carbocycles. The number of aryl methyl sites for hydroxylation is 1. The lowest BCUT2D eigenvalue weighted by Crippen LogP contribution is -2.37. The van der Waals surface area contributed by atoms with Gasteiger partial charge < -0.3 is 0 Å². The third kappa shape index (κ3) is 3.95. The van der Waals surface area contributed by atoms with E-state index < -0.39 is 0 Å². The SMILES string of the molecule is [B]C1=CC[C@@H](C2=c3c(C)cccc3=C(c3ccccc3)/C(=C(Cl)/C=C\C=C)C2)C=C1. The van der Waals surface area contributed by atoms with E-state index in [2.05, 4.69) is 68.1 Å². The molecule has 2 aromatic carbocycles. The van der Waals surface area contributed by atoms with E-state index in [0.717, 1.165) is 28.9 Å². The fraction of sp³-hybridized carbons (Fsp3) is 0.143. The van der Waals surface area contributed by atoms with Crippen LogP contribution >= 0.6 is 11.6 Å². The molecular weight excluding hydrogens is 383 g/mol. The molecule has 2 heteroatoms. The molecule has 0 spiro atoms. The summed E-state index contributed by atoms with van der Waals surface area (Å²) in [5.74, 6) is 0.317. The summed E-state index contributed by atoms with van der Waals surface area (Å²) >= 11 is 6.88. The minimum Gasteiger partial charge on any atom is -0.101 e. The van der Waals surface area contributed by atoms with Gasteiger partial charge in [0.15, 0.2) is 0 Å². The van der Waals surface area contributed by atoms with Gasteiger partial charge in [-0.2, -0.15) is 0 Å². The van der Waals surface area contributed by atoms with Gasteiger partial charge in [0, 0.05) is 11.0 Å². The normalized spacial score (nSPS) is 20.2. The van der Waals surface area contributed by atoms with Gasteiger partial charge in [0.05, 0.1) is 0 Å². The second-order valence-corrected chi connectivity index (χ2v) is 8.17. The van der Waals surface area contributed by atoms with Crippen LogP contribution in [0.25, 0.3) is 11.1 Å². The topological polar surface area (TPSA) is 0 Å². The summed E-state index contributed by atoms with van der Waals surface area (Å²) in [6.07, 6.45) is 13.7. The first-order valence-corrected chi connectivity index (χ1v) is 10.7. The first-order valence-electron chi connectivity index (χ1n) is 10.3. The molecule has 0 nitrogen and oxygen atoms in total. The maximum Gasteiger partial charge on any atom is 0.113 e. The monoisotopic (exact) mass is 406 g/mol. The van der Waals surface area contributed by atoms with Gasteiger partial charge in [-0.3, -0.25) is 0 Å². The smallest absolute Gasteiger partial charge is 0.101 e.